The van der Waals surface area contributed by atoms with Gasteiger partial charge in [-0.1, -0.05) is 33.8 Å². The third-order valence-electron chi connectivity index (χ3n) is 4.65. The highest BCUT2D eigenvalue weighted by molar-refractivity contribution is 5.47. The fraction of sp³-hybridized carbons (Fsp3) is 0.520. The maximum absolute atomic E-state index is 5.29. The number of hydrogen-bond donors (Lipinski definition) is 0. The van der Waals surface area contributed by atoms with Gasteiger partial charge in [0.2, 0.25) is 0 Å². The predicted octanol–water partition coefficient (Wildman–Crippen LogP) is 6.41. The molecular formula is C25H38O3. The third kappa shape index (κ3) is 7.46. The molecule has 28 heavy (non-hydrogen) atoms. The molecule has 156 valence electrons. The summed E-state index contributed by atoms with van der Waals surface area (Å²) in [5, 5.41) is 0. The van der Waals surface area contributed by atoms with Crippen molar-refractivity contribution in [1.29, 1.82) is 0 Å². The van der Waals surface area contributed by atoms with Gasteiger partial charge in [0.05, 0.1) is 21.3 Å². The number of ether oxygens (including phenoxy) is 3. The Bertz CT molecular complexity index is 733. The average Bonchev–Trinajstić information content (AvgIpc) is 2.64. The number of methoxy groups -OCH3 is 3. The summed E-state index contributed by atoms with van der Waals surface area (Å²) in [6.45, 7) is 13.2. The summed E-state index contributed by atoms with van der Waals surface area (Å²) in [5.41, 5.74) is 5.35. The van der Waals surface area contributed by atoms with Crippen LogP contribution >= 0.6 is 0 Å². The monoisotopic (exact) mass is 386 g/mol. The Kier molecular flexibility index (Phi) is 9.92. The fourth-order valence-corrected chi connectivity index (χ4v) is 3.12. The van der Waals surface area contributed by atoms with Crippen LogP contribution in [-0.2, 0) is 12.8 Å². The molecule has 2 rings (SSSR count). The van der Waals surface area contributed by atoms with Gasteiger partial charge in [-0.05, 0) is 85.0 Å². The first kappa shape index (κ1) is 23.9. The SMILES string of the molecule is COc1cc(C)c(CC(C)C)cc1OC.COc1ccc(C)c(CC(C)C)c1. The van der Waals surface area contributed by atoms with Gasteiger partial charge in [-0.25, -0.2) is 0 Å². The molecule has 0 aliphatic carbocycles. The van der Waals surface area contributed by atoms with Crippen molar-refractivity contribution in [3.05, 3.63) is 52.6 Å². The second-order valence-electron chi connectivity index (χ2n) is 8.12. The molecule has 0 bridgehead atoms. The third-order valence-corrected chi connectivity index (χ3v) is 4.65. The van der Waals surface area contributed by atoms with Gasteiger partial charge in [0.1, 0.15) is 5.75 Å². The fourth-order valence-electron chi connectivity index (χ4n) is 3.12. The number of hydrogen-bond acceptors (Lipinski definition) is 3. The van der Waals surface area contributed by atoms with Gasteiger partial charge in [-0.2, -0.15) is 0 Å². The highest BCUT2D eigenvalue weighted by atomic mass is 16.5. The first-order valence-corrected chi connectivity index (χ1v) is 10.1. The van der Waals surface area contributed by atoms with E-state index in [1.165, 1.54) is 22.3 Å². The minimum absolute atomic E-state index is 0.654. The van der Waals surface area contributed by atoms with Gasteiger partial charge >= 0.3 is 0 Å². The highest BCUT2D eigenvalue weighted by Crippen LogP contribution is 2.31. The smallest absolute Gasteiger partial charge is 0.161 e. The Morgan fingerprint density at radius 2 is 1.14 bits per heavy atom. The molecule has 0 aromatic heterocycles. The van der Waals surface area contributed by atoms with E-state index in [1.54, 1.807) is 21.3 Å². The van der Waals surface area contributed by atoms with Gasteiger partial charge in [-0.15, -0.1) is 0 Å². The molecule has 0 aliphatic heterocycles. The van der Waals surface area contributed by atoms with Crippen molar-refractivity contribution in [2.24, 2.45) is 11.8 Å². The zero-order valence-electron chi connectivity index (χ0n) is 19.2. The van der Waals surface area contributed by atoms with E-state index >= 15 is 0 Å². The zero-order valence-corrected chi connectivity index (χ0v) is 19.2. The summed E-state index contributed by atoms with van der Waals surface area (Å²) >= 11 is 0. The van der Waals surface area contributed by atoms with Crippen molar-refractivity contribution in [3.63, 3.8) is 0 Å². The molecule has 3 heteroatoms. The molecule has 0 amide bonds. The van der Waals surface area contributed by atoms with E-state index in [9.17, 15) is 0 Å². The Hall–Kier alpha value is -2.16. The second kappa shape index (κ2) is 11.6. The Labute approximate surface area is 172 Å². The summed E-state index contributed by atoms with van der Waals surface area (Å²) in [5.74, 6) is 3.94. The van der Waals surface area contributed by atoms with Crippen LogP contribution in [0.5, 0.6) is 17.2 Å². The van der Waals surface area contributed by atoms with Crippen molar-refractivity contribution in [2.75, 3.05) is 21.3 Å². The van der Waals surface area contributed by atoms with Crippen molar-refractivity contribution >= 4 is 0 Å². The molecule has 2 aromatic rings. The molecule has 0 spiro atoms. The predicted molar refractivity (Wildman–Crippen MR) is 119 cm³/mol. The van der Waals surface area contributed by atoms with Crippen LogP contribution in [0.3, 0.4) is 0 Å². The summed E-state index contributed by atoms with van der Waals surface area (Å²) < 4.78 is 15.7. The lowest BCUT2D eigenvalue weighted by Crippen LogP contribution is -1.99. The largest absolute Gasteiger partial charge is 0.497 e. The summed E-state index contributed by atoms with van der Waals surface area (Å²) in [6.07, 6.45) is 2.20. The zero-order chi connectivity index (χ0) is 21.3. The molecule has 0 saturated carbocycles. The van der Waals surface area contributed by atoms with Crippen LogP contribution in [0.1, 0.15) is 49.9 Å². The topological polar surface area (TPSA) is 27.7 Å². The van der Waals surface area contributed by atoms with Crippen LogP contribution in [0.15, 0.2) is 30.3 Å². The first-order valence-electron chi connectivity index (χ1n) is 10.1. The minimum Gasteiger partial charge on any atom is -0.497 e. The second-order valence-corrected chi connectivity index (χ2v) is 8.12. The van der Waals surface area contributed by atoms with Gasteiger partial charge in [-0.3, -0.25) is 0 Å². The number of rotatable bonds is 7. The van der Waals surface area contributed by atoms with Crippen LogP contribution < -0.4 is 14.2 Å². The summed E-state index contributed by atoms with van der Waals surface area (Å²) in [6, 6.07) is 10.4. The summed E-state index contributed by atoms with van der Waals surface area (Å²) in [7, 11) is 5.05. The van der Waals surface area contributed by atoms with Crippen molar-refractivity contribution in [2.45, 2.75) is 54.4 Å². The van der Waals surface area contributed by atoms with Gasteiger partial charge < -0.3 is 14.2 Å². The van der Waals surface area contributed by atoms with Crippen LogP contribution in [0.4, 0.5) is 0 Å². The minimum atomic E-state index is 0.654. The lowest BCUT2D eigenvalue weighted by atomic mass is 9.98. The molecule has 0 unspecified atom stereocenters. The van der Waals surface area contributed by atoms with E-state index < -0.39 is 0 Å². The van der Waals surface area contributed by atoms with Gasteiger partial charge in [0.15, 0.2) is 11.5 Å². The quantitative estimate of drug-likeness (QED) is 0.550. The molecule has 0 aliphatic rings. The summed E-state index contributed by atoms with van der Waals surface area (Å²) in [4.78, 5) is 0. The average molecular weight is 387 g/mol. The maximum Gasteiger partial charge on any atom is 0.161 e. The van der Waals surface area contributed by atoms with Crippen LogP contribution in [0, 0.1) is 25.7 Å². The molecule has 2 aromatic carbocycles. The molecule has 0 radical (unpaired) electrons. The maximum atomic E-state index is 5.29. The Morgan fingerprint density at radius 3 is 1.61 bits per heavy atom. The van der Waals surface area contributed by atoms with E-state index in [1.807, 2.05) is 12.1 Å². The van der Waals surface area contributed by atoms with Gasteiger partial charge in [0, 0.05) is 0 Å². The van der Waals surface area contributed by atoms with Gasteiger partial charge in [0.25, 0.3) is 0 Å². The van der Waals surface area contributed by atoms with E-state index in [-0.39, 0.29) is 0 Å². The number of benzene rings is 2. The van der Waals surface area contributed by atoms with E-state index in [2.05, 4.69) is 59.7 Å². The lowest BCUT2D eigenvalue weighted by Gasteiger charge is -2.13. The normalized spacial score (nSPS) is 10.5. The van der Waals surface area contributed by atoms with Crippen LogP contribution in [0.2, 0.25) is 0 Å². The molecule has 0 fully saturated rings. The van der Waals surface area contributed by atoms with E-state index in [0.29, 0.717) is 11.8 Å². The Morgan fingerprint density at radius 1 is 0.643 bits per heavy atom. The molecule has 0 N–H and O–H groups in total. The number of aryl methyl sites for hydroxylation is 2. The van der Waals surface area contributed by atoms with E-state index in [0.717, 1.165) is 30.1 Å². The standard InChI is InChI=1S/C13H20O2.C12H18O/c1-9(2)6-11-8-13(15-5)12(14-4)7-10(11)3;1-9(2)7-11-8-12(13-4)6-5-10(11)3/h7-9H,6H2,1-5H3;5-6,8-9H,7H2,1-4H3. The van der Waals surface area contributed by atoms with Crippen molar-refractivity contribution in [1.82, 2.24) is 0 Å². The van der Waals surface area contributed by atoms with Crippen molar-refractivity contribution in [3.8, 4) is 17.2 Å². The van der Waals surface area contributed by atoms with Crippen molar-refractivity contribution < 1.29 is 14.2 Å². The molecular weight excluding hydrogens is 348 g/mol. The first-order chi connectivity index (χ1) is 13.2. The Balaban J connectivity index is 0.000000283. The molecule has 0 atom stereocenters. The van der Waals surface area contributed by atoms with Crippen LogP contribution in [-0.4, -0.2) is 21.3 Å². The molecule has 0 saturated heterocycles. The van der Waals surface area contributed by atoms with Crippen LogP contribution in [0.25, 0.3) is 0 Å². The van der Waals surface area contributed by atoms with E-state index in [4.69, 9.17) is 14.2 Å². The highest BCUT2D eigenvalue weighted by Gasteiger charge is 2.09. The molecule has 3 nitrogen and oxygen atoms in total. The lowest BCUT2D eigenvalue weighted by molar-refractivity contribution is 0.354. The molecule has 0 heterocycles.